The Balaban J connectivity index is 0.00000196. The Morgan fingerprint density at radius 2 is 1.82 bits per heavy atom. The molecule has 1 aromatic heterocycles. The van der Waals surface area contributed by atoms with Crippen molar-refractivity contribution in [3.8, 4) is 0 Å². The Morgan fingerprint density at radius 3 is 2.39 bits per heavy atom. The first kappa shape index (κ1) is 25.6. The van der Waals surface area contributed by atoms with Crippen molar-refractivity contribution in [2.45, 2.75) is 58.4 Å². The molecule has 0 atom stereocenters. The molecule has 5 nitrogen and oxygen atoms in total. The van der Waals surface area contributed by atoms with Crippen molar-refractivity contribution < 1.29 is 4.79 Å². The molecule has 0 aliphatic carbocycles. The lowest BCUT2D eigenvalue weighted by Gasteiger charge is -2.34. The van der Waals surface area contributed by atoms with Gasteiger partial charge in [0.1, 0.15) is 0 Å². The van der Waals surface area contributed by atoms with Gasteiger partial charge in [-0.15, -0.1) is 36.2 Å². The molecule has 1 amide bonds. The van der Waals surface area contributed by atoms with E-state index in [0.29, 0.717) is 5.91 Å². The van der Waals surface area contributed by atoms with E-state index in [9.17, 15) is 4.79 Å². The number of halogens is 2. The summed E-state index contributed by atoms with van der Waals surface area (Å²) < 4.78 is 0. The summed E-state index contributed by atoms with van der Waals surface area (Å²) in [5, 5.41) is 6.79. The van der Waals surface area contributed by atoms with E-state index in [2.05, 4.69) is 41.3 Å². The molecule has 3 rings (SSSR count). The summed E-state index contributed by atoms with van der Waals surface area (Å²) >= 11 is 1.76. The molecule has 8 heteroatoms. The van der Waals surface area contributed by atoms with E-state index in [4.69, 9.17) is 4.98 Å². The van der Waals surface area contributed by atoms with Gasteiger partial charge in [-0.1, -0.05) is 20.8 Å². The van der Waals surface area contributed by atoms with Gasteiger partial charge in [0, 0.05) is 49.9 Å². The fraction of sp³-hybridized carbons (Fsp3) is 0.800. The number of hydrogen-bond donors (Lipinski definition) is 1. The van der Waals surface area contributed by atoms with E-state index in [1.165, 1.54) is 23.5 Å². The van der Waals surface area contributed by atoms with Crippen molar-refractivity contribution in [2.75, 3.05) is 39.3 Å². The summed E-state index contributed by atoms with van der Waals surface area (Å²) in [5.74, 6) is 1.09. The summed E-state index contributed by atoms with van der Waals surface area (Å²) in [5.41, 5.74) is 1.30. The molecule has 2 aliphatic heterocycles. The third-order valence-corrected chi connectivity index (χ3v) is 6.85. The number of piperidine rings is 1. The minimum atomic E-state index is 0. The Morgan fingerprint density at radius 1 is 1.18 bits per heavy atom. The van der Waals surface area contributed by atoms with Gasteiger partial charge in [0.15, 0.2) is 0 Å². The third-order valence-electron chi connectivity index (χ3n) is 5.53. The van der Waals surface area contributed by atoms with E-state index < -0.39 is 0 Å². The van der Waals surface area contributed by atoms with Gasteiger partial charge < -0.3 is 10.2 Å². The summed E-state index contributed by atoms with van der Waals surface area (Å²) in [6.07, 6.45) is 4.25. The number of amides is 1. The Bertz CT molecular complexity index is 591. The van der Waals surface area contributed by atoms with Crippen LogP contribution in [0, 0.1) is 5.92 Å². The van der Waals surface area contributed by atoms with E-state index in [1.54, 1.807) is 11.3 Å². The molecule has 0 bridgehead atoms. The zero-order valence-corrected chi connectivity index (χ0v) is 19.9. The van der Waals surface area contributed by atoms with Crippen molar-refractivity contribution in [1.82, 2.24) is 20.1 Å². The second kappa shape index (κ2) is 11.7. The highest BCUT2D eigenvalue weighted by molar-refractivity contribution is 7.09. The molecule has 0 saturated carbocycles. The standard InChI is InChI=1S/C20H34N4OS.2ClH/c1-20(2,3)19-22-17(15-26-19)14-23-10-12-24(13-11-23)18(25)5-4-16-6-8-21-9-7-16;;/h15-16,21H,4-14H2,1-3H3;2*1H. The molecule has 0 radical (unpaired) electrons. The van der Waals surface area contributed by atoms with Crippen LogP contribution in [0.2, 0.25) is 0 Å². The first-order valence-electron chi connectivity index (χ1n) is 10.1. The number of thiazole rings is 1. The van der Waals surface area contributed by atoms with Crippen molar-refractivity contribution >= 4 is 42.1 Å². The number of nitrogens with zero attached hydrogens (tertiary/aromatic N) is 3. The number of hydrogen-bond acceptors (Lipinski definition) is 5. The molecular weight excluding hydrogens is 415 g/mol. The minimum absolute atomic E-state index is 0. The fourth-order valence-corrected chi connectivity index (χ4v) is 4.66. The SMILES string of the molecule is CC(C)(C)c1nc(CN2CCN(C(=O)CCC3CCNCC3)CC2)cs1.Cl.Cl. The summed E-state index contributed by atoms with van der Waals surface area (Å²) in [6, 6.07) is 0. The van der Waals surface area contributed by atoms with E-state index in [0.717, 1.165) is 64.6 Å². The molecule has 1 N–H and O–H groups in total. The van der Waals surface area contributed by atoms with Gasteiger partial charge in [-0.25, -0.2) is 4.98 Å². The van der Waals surface area contributed by atoms with Crippen LogP contribution in [0.15, 0.2) is 5.38 Å². The normalized spacial score (nSPS) is 19.0. The Labute approximate surface area is 186 Å². The van der Waals surface area contributed by atoms with Gasteiger partial charge in [-0.2, -0.15) is 0 Å². The van der Waals surface area contributed by atoms with Crippen LogP contribution in [-0.2, 0) is 16.8 Å². The lowest BCUT2D eigenvalue weighted by atomic mass is 9.93. The zero-order valence-electron chi connectivity index (χ0n) is 17.4. The maximum atomic E-state index is 12.5. The summed E-state index contributed by atoms with van der Waals surface area (Å²) in [4.78, 5) is 21.8. The van der Waals surface area contributed by atoms with Crippen LogP contribution >= 0.6 is 36.2 Å². The molecule has 2 fully saturated rings. The highest BCUT2D eigenvalue weighted by Gasteiger charge is 2.24. The van der Waals surface area contributed by atoms with Crippen LogP contribution in [0.4, 0.5) is 0 Å². The van der Waals surface area contributed by atoms with Gasteiger partial charge in [-0.3, -0.25) is 9.69 Å². The molecule has 162 valence electrons. The molecule has 0 spiro atoms. The second-order valence-corrected chi connectivity index (χ2v) is 9.64. The molecule has 2 aliphatic rings. The molecule has 0 aromatic carbocycles. The van der Waals surface area contributed by atoms with Gasteiger partial charge in [0.05, 0.1) is 10.7 Å². The van der Waals surface area contributed by atoms with E-state index >= 15 is 0 Å². The van der Waals surface area contributed by atoms with Gasteiger partial charge in [-0.05, 0) is 38.3 Å². The monoisotopic (exact) mass is 450 g/mol. The average Bonchev–Trinajstić information content (AvgIpc) is 3.10. The van der Waals surface area contributed by atoms with Crippen molar-refractivity contribution in [3.05, 3.63) is 16.1 Å². The first-order valence-corrected chi connectivity index (χ1v) is 11.0. The minimum Gasteiger partial charge on any atom is -0.340 e. The predicted octanol–water partition coefficient (Wildman–Crippen LogP) is 3.71. The first-order chi connectivity index (χ1) is 12.4. The van der Waals surface area contributed by atoms with Crippen LogP contribution < -0.4 is 5.32 Å². The molecule has 2 saturated heterocycles. The van der Waals surface area contributed by atoms with Crippen molar-refractivity contribution in [2.24, 2.45) is 5.92 Å². The van der Waals surface area contributed by atoms with Gasteiger partial charge in [0.2, 0.25) is 5.91 Å². The predicted molar refractivity (Wildman–Crippen MR) is 122 cm³/mol. The topological polar surface area (TPSA) is 48.5 Å². The lowest BCUT2D eigenvalue weighted by Crippen LogP contribution is -2.48. The van der Waals surface area contributed by atoms with Gasteiger partial charge >= 0.3 is 0 Å². The molecule has 0 unspecified atom stereocenters. The number of aromatic nitrogens is 1. The Kier molecular flexibility index (Phi) is 10.7. The van der Waals surface area contributed by atoms with Crippen molar-refractivity contribution in [3.63, 3.8) is 0 Å². The van der Waals surface area contributed by atoms with Crippen LogP contribution in [0.1, 0.15) is 57.2 Å². The number of piperazine rings is 1. The van der Waals surface area contributed by atoms with Crippen LogP contribution in [0.5, 0.6) is 0 Å². The highest BCUT2D eigenvalue weighted by atomic mass is 35.5. The van der Waals surface area contributed by atoms with Crippen LogP contribution in [-0.4, -0.2) is 60.0 Å². The number of carbonyl (C=O) groups is 1. The molecular formula is C20H36Cl2N4OS. The average molecular weight is 452 g/mol. The van der Waals surface area contributed by atoms with E-state index in [-0.39, 0.29) is 30.2 Å². The number of carbonyl (C=O) groups excluding carboxylic acids is 1. The largest absolute Gasteiger partial charge is 0.340 e. The van der Waals surface area contributed by atoms with E-state index in [1.807, 2.05) is 0 Å². The lowest BCUT2D eigenvalue weighted by molar-refractivity contribution is -0.133. The number of nitrogens with one attached hydrogen (secondary N) is 1. The second-order valence-electron chi connectivity index (χ2n) is 8.78. The molecule has 28 heavy (non-hydrogen) atoms. The maximum absolute atomic E-state index is 12.5. The smallest absolute Gasteiger partial charge is 0.222 e. The molecule has 3 heterocycles. The maximum Gasteiger partial charge on any atom is 0.222 e. The summed E-state index contributed by atoms with van der Waals surface area (Å²) in [7, 11) is 0. The highest BCUT2D eigenvalue weighted by Crippen LogP contribution is 2.26. The number of rotatable bonds is 5. The van der Waals surface area contributed by atoms with Gasteiger partial charge in [0.25, 0.3) is 0 Å². The Hall–Kier alpha value is -0.400. The van der Waals surface area contributed by atoms with Crippen LogP contribution in [0.25, 0.3) is 0 Å². The fourth-order valence-electron chi connectivity index (χ4n) is 3.76. The third kappa shape index (κ3) is 7.45. The van der Waals surface area contributed by atoms with Crippen molar-refractivity contribution in [1.29, 1.82) is 0 Å². The molecule has 1 aromatic rings. The quantitative estimate of drug-likeness (QED) is 0.742. The van der Waals surface area contributed by atoms with Crippen LogP contribution in [0.3, 0.4) is 0 Å². The zero-order chi connectivity index (χ0) is 18.6. The summed E-state index contributed by atoms with van der Waals surface area (Å²) in [6.45, 7) is 13.4.